The van der Waals surface area contributed by atoms with Gasteiger partial charge in [-0.25, -0.2) is 5.53 Å². The second kappa shape index (κ2) is 8.85. The number of carbonyl (C=O) groups excluding carboxylic acids is 2. The number of amidine groups is 1. The Morgan fingerprint density at radius 2 is 2.06 bits per heavy atom. The van der Waals surface area contributed by atoms with Crippen LogP contribution >= 0.6 is 0 Å². The fourth-order valence-corrected chi connectivity index (χ4v) is 5.09. The Bertz CT molecular complexity index is 1370. The van der Waals surface area contributed by atoms with Gasteiger partial charge < -0.3 is 24.5 Å². The summed E-state index contributed by atoms with van der Waals surface area (Å²) in [5.41, 5.74) is 10.2. The van der Waals surface area contributed by atoms with Gasteiger partial charge in [-0.2, -0.15) is 0 Å². The number of likely N-dealkylation sites (tertiary alicyclic amines) is 1. The molecule has 3 aliphatic rings. The Kier molecular flexibility index (Phi) is 5.50. The summed E-state index contributed by atoms with van der Waals surface area (Å²) in [6, 6.07) is 10.9. The Hall–Kier alpha value is -4.09. The largest absolute Gasteiger partial charge is 0.490 e. The fourth-order valence-electron chi connectivity index (χ4n) is 5.09. The molecule has 1 amide bonds. The normalized spacial score (nSPS) is 18.3. The maximum Gasteiger partial charge on any atom is 0.254 e. The molecule has 1 spiro atoms. The topological polar surface area (TPSA) is 140 Å². The van der Waals surface area contributed by atoms with Crippen LogP contribution in [0.2, 0.25) is 0 Å². The van der Waals surface area contributed by atoms with Crippen molar-refractivity contribution in [3.63, 3.8) is 0 Å². The van der Waals surface area contributed by atoms with Crippen molar-refractivity contribution in [3.8, 4) is 11.5 Å². The smallest absolute Gasteiger partial charge is 0.254 e. The Morgan fingerprint density at radius 3 is 2.83 bits per heavy atom. The van der Waals surface area contributed by atoms with Crippen LogP contribution in [0.3, 0.4) is 0 Å². The Labute approximate surface area is 206 Å². The predicted octanol–water partition coefficient (Wildman–Crippen LogP) is 1.45. The molecule has 6 rings (SSSR count). The number of ketones is 1. The van der Waals surface area contributed by atoms with Gasteiger partial charge in [0, 0.05) is 54.2 Å². The highest BCUT2D eigenvalue weighted by atomic mass is 16.5. The van der Waals surface area contributed by atoms with Crippen molar-refractivity contribution < 1.29 is 24.2 Å². The molecule has 186 valence electrons. The Balaban J connectivity index is 1.17. The molecule has 3 aromatic rings. The zero-order valence-corrected chi connectivity index (χ0v) is 19.5. The number of amides is 1. The molecule has 0 atom stereocenters. The van der Waals surface area contributed by atoms with Gasteiger partial charge >= 0.3 is 0 Å². The van der Waals surface area contributed by atoms with Crippen LogP contribution in [0.1, 0.15) is 45.5 Å². The van der Waals surface area contributed by atoms with E-state index in [-0.39, 0.29) is 31.3 Å². The number of hydrogen-bond donors (Lipinski definition) is 5. The van der Waals surface area contributed by atoms with Crippen LogP contribution in [0, 0.1) is 0 Å². The molecule has 5 N–H and O–H groups in total. The van der Waals surface area contributed by atoms with Crippen LogP contribution in [-0.4, -0.2) is 64.4 Å². The van der Waals surface area contributed by atoms with Crippen molar-refractivity contribution in [1.29, 1.82) is 0 Å². The minimum absolute atomic E-state index is 0.0280. The van der Waals surface area contributed by atoms with Crippen molar-refractivity contribution in [2.45, 2.75) is 24.9 Å². The first kappa shape index (κ1) is 22.4. The second-order valence-corrected chi connectivity index (χ2v) is 9.20. The van der Waals surface area contributed by atoms with Gasteiger partial charge in [0.2, 0.25) is 0 Å². The van der Waals surface area contributed by atoms with Gasteiger partial charge in [0.25, 0.3) is 5.91 Å². The van der Waals surface area contributed by atoms with E-state index >= 15 is 0 Å². The number of aromatic amines is 1. The van der Waals surface area contributed by atoms with E-state index in [1.54, 1.807) is 23.2 Å². The van der Waals surface area contributed by atoms with Crippen molar-refractivity contribution in [1.82, 2.24) is 26.4 Å². The minimum atomic E-state index is -0.618. The molecule has 0 radical (unpaired) electrons. The summed E-state index contributed by atoms with van der Waals surface area (Å²) in [5, 5.41) is 14.1. The number of carbonyl (C=O) groups is 2. The summed E-state index contributed by atoms with van der Waals surface area (Å²) >= 11 is 0. The van der Waals surface area contributed by atoms with E-state index in [2.05, 4.69) is 26.6 Å². The van der Waals surface area contributed by atoms with E-state index in [4.69, 9.17) is 14.6 Å². The molecule has 11 nitrogen and oxygen atoms in total. The van der Waals surface area contributed by atoms with Crippen LogP contribution in [0.4, 0.5) is 0 Å². The molecule has 1 fully saturated rings. The van der Waals surface area contributed by atoms with Gasteiger partial charge in [0.05, 0.1) is 18.6 Å². The number of H-pyrrole nitrogens is 1. The van der Waals surface area contributed by atoms with Gasteiger partial charge in [0.15, 0.2) is 11.6 Å². The number of piperidine rings is 1. The molecular weight excluding hydrogens is 464 g/mol. The van der Waals surface area contributed by atoms with Gasteiger partial charge in [-0.3, -0.25) is 15.0 Å². The number of benzene rings is 2. The highest BCUT2D eigenvalue weighted by Crippen LogP contribution is 2.40. The number of hydrogen-bond acceptors (Lipinski definition) is 9. The third-order valence-corrected chi connectivity index (χ3v) is 6.96. The van der Waals surface area contributed by atoms with Crippen molar-refractivity contribution in [3.05, 3.63) is 59.3 Å². The highest BCUT2D eigenvalue weighted by molar-refractivity contribution is 6.05. The van der Waals surface area contributed by atoms with Crippen molar-refractivity contribution in [2.24, 2.45) is 5.10 Å². The number of aromatic nitrogens is 1. The second-order valence-electron chi connectivity index (χ2n) is 9.20. The first-order chi connectivity index (χ1) is 17.5. The van der Waals surface area contributed by atoms with Gasteiger partial charge in [-0.15, -0.1) is 10.6 Å². The summed E-state index contributed by atoms with van der Waals surface area (Å²) in [6.45, 7) is 0.999. The number of fused-ring (bicyclic) bond motifs is 2. The molecule has 0 aliphatic carbocycles. The lowest BCUT2D eigenvalue weighted by atomic mass is 9.82. The molecule has 2 aromatic carbocycles. The number of hydrazone groups is 1. The number of hydrazine groups is 2. The molecular formula is C25H26N6O5. The molecule has 0 unspecified atom stereocenters. The summed E-state index contributed by atoms with van der Waals surface area (Å²) in [6.07, 6.45) is 3.19. The SMILES string of the molecule is O=C1CC2(CCN(C(=O)c3cc(OCCO)c4cc[nH]c4c3)CC2)Oc2ccc(C3=NNNN3)cc21. The summed E-state index contributed by atoms with van der Waals surface area (Å²) in [7, 11) is 0. The summed E-state index contributed by atoms with van der Waals surface area (Å²) in [4.78, 5) is 31.4. The molecule has 0 saturated carbocycles. The lowest BCUT2D eigenvalue weighted by Crippen LogP contribution is -2.52. The van der Waals surface area contributed by atoms with Gasteiger partial charge in [0.1, 0.15) is 23.7 Å². The van der Waals surface area contributed by atoms with E-state index in [1.165, 1.54) is 0 Å². The lowest BCUT2D eigenvalue weighted by Gasteiger charge is -2.44. The average molecular weight is 491 g/mol. The van der Waals surface area contributed by atoms with Gasteiger partial charge in [-0.1, -0.05) is 0 Å². The van der Waals surface area contributed by atoms with Gasteiger partial charge in [-0.05, 0) is 36.4 Å². The molecule has 4 heterocycles. The van der Waals surface area contributed by atoms with E-state index in [9.17, 15) is 9.59 Å². The van der Waals surface area contributed by atoms with E-state index in [0.717, 1.165) is 16.5 Å². The molecule has 0 bridgehead atoms. The molecule has 11 heteroatoms. The number of aliphatic hydroxyl groups excluding tert-OH is 1. The van der Waals surface area contributed by atoms with E-state index in [0.29, 0.717) is 54.4 Å². The average Bonchev–Trinajstić information content (AvgIpc) is 3.60. The molecule has 3 aliphatic heterocycles. The molecule has 1 aromatic heterocycles. The first-order valence-corrected chi connectivity index (χ1v) is 11.9. The fraction of sp³-hybridized carbons (Fsp3) is 0.320. The highest BCUT2D eigenvalue weighted by Gasteiger charge is 2.44. The predicted molar refractivity (Wildman–Crippen MR) is 131 cm³/mol. The number of ether oxygens (including phenoxy) is 2. The standard InChI is InChI=1S/C25H26N6O5/c32-9-10-35-22-13-16(12-19-17(22)3-6-26-19)24(34)31-7-4-25(5-8-31)14-20(33)18-11-15(1-2-21(18)36-25)23-27-29-30-28-23/h1-3,6,11-13,26,29-30,32H,4-5,7-10,14H2,(H,27,28). The van der Waals surface area contributed by atoms with Crippen molar-refractivity contribution in [2.75, 3.05) is 26.3 Å². The van der Waals surface area contributed by atoms with Crippen LogP contribution in [0.25, 0.3) is 10.9 Å². The minimum Gasteiger partial charge on any atom is -0.490 e. The van der Waals surface area contributed by atoms with Crippen molar-refractivity contribution >= 4 is 28.4 Å². The number of nitrogens with zero attached hydrogens (tertiary/aromatic N) is 2. The molecule has 36 heavy (non-hydrogen) atoms. The molecule has 1 saturated heterocycles. The maximum atomic E-state index is 13.4. The number of aliphatic hydroxyl groups is 1. The maximum absolute atomic E-state index is 13.4. The van der Waals surface area contributed by atoms with Crippen LogP contribution in [-0.2, 0) is 0 Å². The lowest BCUT2D eigenvalue weighted by molar-refractivity contribution is -0.00571. The van der Waals surface area contributed by atoms with E-state index in [1.807, 2.05) is 24.3 Å². The van der Waals surface area contributed by atoms with E-state index < -0.39 is 5.60 Å². The monoisotopic (exact) mass is 490 g/mol. The number of rotatable bonds is 5. The van der Waals surface area contributed by atoms with Crippen LogP contribution in [0.5, 0.6) is 11.5 Å². The third-order valence-electron chi connectivity index (χ3n) is 6.96. The third kappa shape index (κ3) is 3.91. The number of nitrogens with one attached hydrogen (secondary N) is 4. The van der Waals surface area contributed by atoms with Crippen LogP contribution < -0.4 is 26.0 Å². The summed E-state index contributed by atoms with van der Waals surface area (Å²) < 4.78 is 12.1. The Morgan fingerprint density at radius 1 is 1.19 bits per heavy atom. The number of Topliss-reactive ketones (excluding diaryl/α,β-unsaturated/α-hetero) is 1. The first-order valence-electron chi connectivity index (χ1n) is 11.9. The quantitative estimate of drug-likeness (QED) is 0.362. The summed E-state index contributed by atoms with van der Waals surface area (Å²) in [5.74, 6) is 1.65. The zero-order chi connectivity index (χ0) is 24.7. The van der Waals surface area contributed by atoms with Crippen LogP contribution in [0.15, 0.2) is 47.7 Å². The zero-order valence-electron chi connectivity index (χ0n) is 19.5.